The second-order valence-corrected chi connectivity index (χ2v) is 7.49. The van der Waals surface area contributed by atoms with Gasteiger partial charge < -0.3 is 4.74 Å². The Morgan fingerprint density at radius 3 is 2.38 bits per heavy atom. The average Bonchev–Trinajstić information content (AvgIpc) is 2.85. The van der Waals surface area contributed by atoms with Gasteiger partial charge in [-0.15, -0.1) is 0 Å². The number of sulfonamides is 1. The number of aromatic nitrogens is 2. The van der Waals surface area contributed by atoms with Crippen molar-refractivity contribution in [1.29, 1.82) is 0 Å². The summed E-state index contributed by atoms with van der Waals surface area (Å²) in [5.74, 6) is 0.0666. The molecule has 7 nitrogen and oxygen atoms in total. The van der Waals surface area contributed by atoms with Crippen LogP contribution in [0.3, 0.4) is 0 Å². The molecule has 1 aromatic carbocycles. The van der Waals surface area contributed by atoms with E-state index < -0.39 is 22.5 Å². The van der Waals surface area contributed by atoms with Crippen LogP contribution in [0.2, 0.25) is 0 Å². The summed E-state index contributed by atoms with van der Waals surface area (Å²) >= 11 is 0. The van der Waals surface area contributed by atoms with E-state index in [1.54, 1.807) is 26.0 Å². The molecule has 0 bridgehead atoms. The maximum Gasteiger partial charge on any atom is 0.326 e. The molecule has 0 saturated heterocycles. The molecule has 130 valence electrons. The number of carbonyl (C=O) groups is 1. The first kappa shape index (κ1) is 18.2. The molecule has 0 atom stereocenters. The lowest BCUT2D eigenvalue weighted by molar-refractivity contribution is -0.133. The van der Waals surface area contributed by atoms with Crippen LogP contribution >= 0.6 is 0 Å². The summed E-state index contributed by atoms with van der Waals surface area (Å²) in [6, 6.07) is 7.11. The van der Waals surface area contributed by atoms with E-state index in [-0.39, 0.29) is 4.90 Å². The van der Waals surface area contributed by atoms with Gasteiger partial charge in [-0.05, 0) is 37.5 Å². The lowest BCUT2D eigenvalue weighted by atomic mass is 10.0. The van der Waals surface area contributed by atoms with Gasteiger partial charge in [0.05, 0.1) is 11.4 Å². The van der Waals surface area contributed by atoms with Crippen molar-refractivity contribution in [2.45, 2.75) is 38.5 Å². The highest BCUT2D eigenvalue weighted by Gasteiger charge is 2.23. The zero-order chi connectivity index (χ0) is 17.9. The molecule has 0 amide bonds. The minimum absolute atomic E-state index is 0.0524. The van der Waals surface area contributed by atoms with Crippen molar-refractivity contribution in [3.05, 3.63) is 41.2 Å². The molecule has 0 fully saturated rings. The fourth-order valence-electron chi connectivity index (χ4n) is 2.25. The number of nitrogens with zero attached hydrogens (tertiary/aromatic N) is 1. The minimum atomic E-state index is -3.83. The molecule has 8 heteroatoms. The number of aromatic amines is 1. The third-order valence-electron chi connectivity index (χ3n) is 3.51. The van der Waals surface area contributed by atoms with Crippen molar-refractivity contribution in [3.63, 3.8) is 0 Å². The van der Waals surface area contributed by atoms with E-state index in [9.17, 15) is 13.2 Å². The molecule has 0 aliphatic rings. The molecule has 2 rings (SSSR count). The summed E-state index contributed by atoms with van der Waals surface area (Å²) in [5.41, 5.74) is 1.89. The van der Waals surface area contributed by atoms with Crippen LogP contribution in [-0.2, 0) is 14.8 Å². The maximum absolute atomic E-state index is 12.2. The molecule has 24 heavy (non-hydrogen) atoms. The smallest absolute Gasteiger partial charge is 0.326 e. The molecule has 0 radical (unpaired) electrons. The fourth-order valence-corrected chi connectivity index (χ4v) is 3.59. The van der Waals surface area contributed by atoms with Gasteiger partial charge in [0.15, 0.2) is 0 Å². The molecule has 0 aliphatic carbocycles. The van der Waals surface area contributed by atoms with Crippen LogP contribution < -0.4 is 9.46 Å². The van der Waals surface area contributed by atoms with E-state index in [1.807, 2.05) is 12.1 Å². The molecular weight excluding hydrogens is 330 g/mol. The molecule has 1 heterocycles. The van der Waals surface area contributed by atoms with E-state index in [2.05, 4.69) is 28.8 Å². The van der Waals surface area contributed by atoms with Gasteiger partial charge in [-0.3, -0.25) is 9.89 Å². The van der Waals surface area contributed by atoms with Gasteiger partial charge >= 0.3 is 5.97 Å². The van der Waals surface area contributed by atoms with Crippen molar-refractivity contribution in [1.82, 2.24) is 14.9 Å². The van der Waals surface area contributed by atoms with Crippen molar-refractivity contribution in [2.24, 2.45) is 0 Å². The zero-order valence-electron chi connectivity index (χ0n) is 14.1. The van der Waals surface area contributed by atoms with Gasteiger partial charge in [-0.1, -0.05) is 26.0 Å². The minimum Gasteiger partial charge on any atom is -0.426 e. The number of benzene rings is 1. The Balaban J connectivity index is 1.98. The highest BCUT2D eigenvalue weighted by Crippen LogP contribution is 2.19. The Labute approximate surface area is 141 Å². The third-order valence-corrected chi connectivity index (χ3v) is 5.18. The fraction of sp³-hybridized carbons (Fsp3) is 0.375. The second-order valence-electron chi connectivity index (χ2n) is 5.79. The summed E-state index contributed by atoms with van der Waals surface area (Å²) in [7, 11) is -3.83. The lowest BCUT2D eigenvalue weighted by Gasteiger charge is -2.09. The second kappa shape index (κ2) is 7.14. The summed E-state index contributed by atoms with van der Waals surface area (Å²) in [5, 5.41) is 6.44. The summed E-state index contributed by atoms with van der Waals surface area (Å²) < 4.78 is 31.8. The number of nitrogens with one attached hydrogen (secondary N) is 2. The van der Waals surface area contributed by atoms with Crippen LogP contribution in [0.1, 0.15) is 36.7 Å². The molecule has 2 N–H and O–H groups in total. The first-order chi connectivity index (χ1) is 11.2. The van der Waals surface area contributed by atoms with E-state index in [0.717, 1.165) is 5.56 Å². The Kier molecular flexibility index (Phi) is 5.40. The van der Waals surface area contributed by atoms with Gasteiger partial charge in [0, 0.05) is 0 Å². The number of carbonyl (C=O) groups excluding carboxylic acids is 1. The lowest BCUT2D eigenvalue weighted by Crippen LogP contribution is -2.32. The normalized spacial score (nSPS) is 11.7. The highest BCUT2D eigenvalue weighted by molar-refractivity contribution is 7.89. The highest BCUT2D eigenvalue weighted by atomic mass is 32.2. The van der Waals surface area contributed by atoms with Crippen molar-refractivity contribution < 1.29 is 17.9 Å². The van der Waals surface area contributed by atoms with Crippen LogP contribution in [0.4, 0.5) is 0 Å². The molecular formula is C16H21N3O4S. The van der Waals surface area contributed by atoms with Crippen molar-refractivity contribution >= 4 is 16.0 Å². The number of hydrogen-bond donors (Lipinski definition) is 2. The monoisotopic (exact) mass is 351 g/mol. The molecule has 0 saturated carbocycles. The van der Waals surface area contributed by atoms with Gasteiger partial charge in [-0.25, -0.2) is 8.42 Å². The third kappa shape index (κ3) is 4.21. The van der Waals surface area contributed by atoms with Crippen LogP contribution in [0.25, 0.3) is 0 Å². The van der Waals surface area contributed by atoms with Crippen molar-refractivity contribution in [2.75, 3.05) is 6.54 Å². The average molecular weight is 351 g/mol. The summed E-state index contributed by atoms with van der Waals surface area (Å²) in [4.78, 5) is 11.9. The number of rotatable bonds is 6. The van der Waals surface area contributed by atoms with E-state index in [4.69, 9.17) is 4.74 Å². The van der Waals surface area contributed by atoms with Crippen LogP contribution in [0, 0.1) is 13.8 Å². The number of esters is 1. The van der Waals surface area contributed by atoms with Gasteiger partial charge in [0.1, 0.15) is 17.2 Å². The van der Waals surface area contributed by atoms with E-state index in [1.165, 1.54) is 0 Å². The Bertz CT molecular complexity index is 804. The topological polar surface area (TPSA) is 101 Å². The van der Waals surface area contributed by atoms with Crippen molar-refractivity contribution in [3.8, 4) is 5.75 Å². The Morgan fingerprint density at radius 1 is 1.25 bits per heavy atom. The molecule has 0 spiro atoms. The van der Waals surface area contributed by atoms with Gasteiger partial charge in [-0.2, -0.15) is 9.82 Å². The Hall–Kier alpha value is -2.19. The number of ether oxygens (including phenoxy) is 1. The summed E-state index contributed by atoms with van der Waals surface area (Å²) in [6.07, 6.45) is 0. The van der Waals surface area contributed by atoms with Crippen LogP contribution in [0.5, 0.6) is 5.75 Å². The van der Waals surface area contributed by atoms with E-state index in [0.29, 0.717) is 23.1 Å². The molecule has 2 aromatic rings. The van der Waals surface area contributed by atoms with Gasteiger partial charge in [0.2, 0.25) is 10.0 Å². The predicted octanol–water partition coefficient (Wildman–Crippen LogP) is 2.03. The molecule has 1 aromatic heterocycles. The Morgan fingerprint density at radius 2 is 1.88 bits per heavy atom. The number of aryl methyl sites for hydroxylation is 2. The SMILES string of the molecule is Cc1n[nH]c(C)c1S(=O)(=O)NCC(=O)Oc1ccc(C(C)C)cc1. The summed E-state index contributed by atoms with van der Waals surface area (Å²) in [6.45, 7) is 6.85. The van der Waals surface area contributed by atoms with Gasteiger partial charge in [0.25, 0.3) is 0 Å². The molecule has 0 aliphatic heterocycles. The quantitative estimate of drug-likeness (QED) is 0.612. The predicted molar refractivity (Wildman–Crippen MR) is 89.4 cm³/mol. The first-order valence-corrected chi connectivity index (χ1v) is 9.01. The van der Waals surface area contributed by atoms with Crippen LogP contribution in [0.15, 0.2) is 29.2 Å². The number of H-pyrrole nitrogens is 1. The largest absolute Gasteiger partial charge is 0.426 e. The van der Waals surface area contributed by atoms with E-state index >= 15 is 0 Å². The zero-order valence-corrected chi connectivity index (χ0v) is 14.9. The number of hydrogen-bond acceptors (Lipinski definition) is 5. The standard InChI is InChI=1S/C16H21N3O4S/c1-10(2)13-5-7-14(8-6-13)23-15(20)9-17-24(21,22)16-11(3)18-19-12(16)4/h5-8,10,17H,9H2,1-4H3,(H,18,19). The maximum atomic E-state index is 12.2. The molecule has 0 unspecified atom stereocenters. The first-order valence-electron chi connectivity index (χ1n) is 7.52. The van der Waals surface area contributed by atoms with Crippen LogP contribution in [-0.4, -0.2) is 31.1 Å².